The van der Waals surface area contributed by atoms with Crippen molar-refractivity contribution in [2.24, 2.45) is 5.92 Å². The van der Waals surface area contributed by atoms with Crippen molar-refractivity contribution in [1.82, 2.24) is 4.90 Å². The van der Waals surface area contributed by atoms with Gasteiger partial charge in [-0.2, -0.15) is 0 Å². The van der Waals surface area contributed by atoms with Crippen LogP contribution in [0.1, 0.15) is 27.2 Å². The molecule has 3 heteroatoms. The maximum absolute atomic E-state index is 10.4. The second-order valence-electron chi connectivity index (χ2n) is 3.43. The first-order chi connectivity index (χ1) is 5.49. The molecule has 0 radical (unpaired) electrons. The molecule has 0 saturated carbocycles. The third-order valence-corrected chi connectivity index (χ3v) is 2.55. The Hall–Kier alpha value is -0.570. The third kappa shape index (κ3) is 3.72. The number of likely N-dealkylation sites (N-methyl/N-ethyl adjacent to an activating group) is 1. The second kappa shape index (κ2) is 5.14. The largest absolute Gasteiger partial charge is 0.480 e. The van der Waals surface area contributed by atoms with Gasteiger partial charge in [0.25, 0.3) is 0 Å². The molecule has 0 saturated heterocycles. The fourth-order valence-electron chi connectivity index (χ4n) is 1.13. The number of rotatable bonds is 5. The van der Waals surface area contributed by atoms with Gasteiger partial charge in [-0.05, 0) is 19.9 Å². The molecule has 0 spiro atoms. The Balaban J connectivity index is 3.91. The number of carbonyl (C=O) groups is 1. The Labute approximate surface area is 74.4 Å². The van der Waals surface area contributed by atoms with Crippen molar-refractivity contribution in [3.63, 3.8) is 0 Å². The van der Waals surface area contributed by atoms with Gasteiger partial charge in [-0.3, -0.25) is 9.69 Å². The van der Waals surface area contributed by atoms with Crippen LogP contribution in [0, 0.1) is 5.92 Å². The van der Waals surface area contributed by atoms with E-state index >= 15 is 0 Å². The van der Waals surface area contributed by atoms with Gasteiger partial charge in [-0.25, -0.2) is 0 Å². The summed E-state index contributed by atoms with van der Waals surface area (Å²) in [4.78, 5) is 12.3. The smallest absolute Gasteiger partial charge is 0.317 e. The molecule has 0 amide bonds. The number of hydrogen-bond donors (Lipinski definition) is 1. The Morgan fingerprint density at radius 2 is 2.00 bits per heavy atom. The molecule has 0 aliphatic heterocycles. The zero-order valence-corrected chi connectivity index (χ0v) is 8.37. The molecule has 0 aromatic rings. The fourth-order valence-corrected chi connectivity index (χ4v) is 1.13. The van der Waals surface area contributed by atoms with Crippen LogP contribution in [-0.4, -0.2) is 35.6 Å². The number of carboxylic acids is 1. The van der Waals surface area contributed by atoms with Crippen molar-refractivity contribution in [2.75, 3.05) is 13.6 Å². The first kappa shape index (κ1) is 11.4. The lowest BCUT2D eigenvalue weighted by Gasteiger charge is -2.27. The summed E-state index contributed by atoms with van der Waals surface area (Å²) < 4.78 is 0. The van der Waals surface area contributed by atoms with Gasteiger partial charge in [-0.1, -0.05) is 20.3 Å². The molecule has 2 atom stereocenters. The minimum absolute atomic E-state index is 0.130. The van der Waals surface area contributed by atoms with E-state index in [1.807, 2.05) is 11.9 Å². The summed E-state index contributed by atoms with van der Waals surface area (Å²) in [6.07, 6.45) is 1.09. The molecule has 0 aromatic carbocycles. The summed E-state index contributed by atoms with van der Waals surface area (Å²) in [5.41, 5.74) is 0. The zero-order chi connectivity index (χ0) is 9.72. The highest BCUT2D eigenvalue weighted by Crippen LogP contribution is 2.11. The number of hydrogen-bond acceptors (Lipinski definition) is 2. The summed E-state index contributed by atoms with van der Waals surface area (Å²) in [6.45, 7) is 6.46. The minimum atomic E-state index is -0.757. The molecule has 12 heavy (non-hydrogen) atoms. The lowest BCUT2D eigenvalue weighted by molar-refractivity contribution is -0.138. The molecule has 0 aromatic heterocycles. The van der Waals surface area contributed by atoms with Crippen LogP contribution in [0.5, 0.6) is 0 Å². The Morgan fingerprint density at radius 1 is 1.50 bits per heavy atom. The first-order valence-corrected chi connectivity index (χ1v) is 4.41. The number of aliphatic carboxylic acids is 1. The van der Waals surface area contributed by atoms with Crippen molar-refractivity contribution in [3.05, 3.63) is 0 Å². The van der Waals surface area contributed by atoms with E-state index in [1.165, 1.54) is 0 Å². The Morgan fingerprint density at radius 3 is 2.33 bits per heavy atom. The van der Waals surface area contributed by atoms with Crippen LogP contribution in [0.3, 0.4) is 0 Å². The Bertz CT molecular complexity index is 147. The number of nitrogens with zero attached hydrogens (tertiary/aromatic N) is 1. The van der Waals surface area contributed by atoms with Gasteiger partial charge in [0.15, 0.2) is 0 Å². The van der Waals surface area contributed by atoms with Crippen LogP contribution in [0.2, 0.25) is 0 Å². The van der Waals surface area contributed by atoms with Crippen LogP contribution in [0.4, 0.5) is 0 Å². The molecule has 0 bridgehead atoms. The van der Waals surface area contributed by atoms with Crippen molar-refractivity contribution in [2.45, 2.75) is 33.2 Å². The fraction of sp³-hybridized carbons (Fsp3) is 0.889. The van der Waals surface area contributed by atoms with E-state index < -0.39 is 5.97 Å². The average Bonchev–Trinajstić information content (AvgIpc) is 2.00. The topological polar surface area (TPSA) is 40.5 Å². The maximum Gasteiger partial charge on any atom is 0.317 e. The molecule has 0 rings (SSSR count). The lowest BCUT2D eigenvalue weighted by Crippen LogP contribution is -2.37. The molecular formula is C9H19NO2. The average molecular weight is 173 g/mol. The molecule has 0 aliphatic carbocycles. The predicted molar refractivity (Wildman–Crippen MR) is 49.2 cm³/mol. The van der Waals surface area contributed by atoms with E-state index in [0.29, 0.717) is 12.0 Å². The minimum Gasteiger partial charge on any atom is -0.480 e. The normalized spacial score (nSPS) is 16.1. The SMILES string of the molecule is CCC(C)C(C)N(C)CC(=O)O. The van der Waals surface area contributed by atoms with Crippen LogP contribution >= 0.6 is 0 Å². The highest BCUT2D eigenvalue weighted by Gasteiger charge is 2.16. The second-order valence-corrected chi connectivity index (χ2v) is 3.43. The third-order valence-electron chi connectivity index (χ3n) is 2.55. The highest BCUT2D eigenvalue weighted by atomic mass is 16.4. The van der Waals surface area contributed by atoms with Gasteiger partial charge >= 0.3 is 5.97 Å². The van der Waals surface area contributed by atoms with Crippen molar-refractivity contribution in [3.8, 4) is 0 Å². The highest BCUT2D eigenvalue weighted by molar-refractivity contribution is 5.69. The molecule has 2 unspecified atom stereocenters. The monoisotopic (exact) mass is 173 g/mol. The molecule has 0 heterocycles. The van der Waals surface area contributed by atoms with E-state index in [-0.39, 0.29) is 6.54 Å². The van der Waals surface area contributed by atoms with E-state index in [4.69, 9.17) is 5.11 Å². The first-order valence-electron chi connectivity index (χ1n) is 4.41. The van der Waals surface area contributed by atoms with E-state index in [9.17, 15) is 4.79 Å². The summed E-state index contributed by atoms with van der Waals surface area (Å²) in [6, 6.07) is 0.339. The molecular weight excluding hydrogens is 154 g/mol. The molecule has 0 fully saturated rings. The predicted octanol–water partition coefficient (Wildman–Crippen LogP) is 1.44. The van der Waals surface area contributed by atoms with E-state index in [0.717, 1.165) is 6.42 Å². The van der Waals surface area contributed by atoms with Gasteiger partial charge in [0.1, 0.15) is 0 Å². The Kier molecular flexibility index (Phi) is 4.90. The molecule has 1 N–H and O–H groups in total. The summed E-state index contributed by atoms with van der Waals surface area (Å²) in [5, 5.41) is 8.55. The van der Waals surface area contributed by atoms with Crippen LogP contribution in [-0.2, 0) is 4.79 Å². The van der Waals surface area contributed by atoms with Gasteiger partial charge in [-0.15, -0.1) is 0 Å². The zero-order valence-electron chi connectivity index (χ0n) is 8.37. The molecule has 72 valence electrons. The van der Waals surface area contributed by atoms with Crippen molar-refractivity contribution < 1.29 is 9.90 Å². The maximum atomic E-state index is 10.4. The summed E-state index contributed by atoms with van der Waals surface area (Å²) >= 11 is 0. The van der Waals surface area contributed by atoms with Crippen LogP contribution in [0.15, 0.2) is 0 Å². The number of carboxylic acid groups (broad SMARTS) is 1. The van der Waals surface area contributed by atoms with Crippen molar-refractivity contribution in [1.29, 1.82) is 0 Å². The standard InChI is InChI=1S/C9H19NO2/c1-5-7(2)8(3)10(4)6-9(11)12/h7-8H,5-6H2,1-4H3,(H,11,12). The quantitative estimate of drug-likeness (QED) is 0.684. The van der Waals surface area contributed by atoms with Crippen LogP contribution in [0.25, 0.3) is 0 Å². The van der Waals surface area contributed by atoms with Gasteiger partial charge in [0.05, 0.1) is 6.54 Å². The summed E-state index contributed by atoms with van der Waals surface area (Å²) in [7, 11) is 1.85. The summed E-state index contributed by atoms with van der Waals surface area (Å²) in [5.74, 6) is -0.206. The van der Waals surface area contributed by atoms with Crippen LogP contribution < -0.4 is 0 Å². The lowest BCUT2D eigenvalue weighted by atomic mass is 10.00. The molecule has 0 aliphatic rings. The van der Waals surface area contributed by atoms with Gasteiger partial charge in [0.2, 0.25) is 0 Å². The van der Waals surface area contributed by atoms with E-state index in [1.54, 1.807) is 0 Å². The molecule has 3 nitrogen and oxygen atoms in total. The van der Waals surface area contributed by atoms with E-state index in [2.05, 4.69) is 20.8 Å². The van der Waals surface area contributed by atoms with Gasteiger partial charge < -0.3 is 5.11 Å². The van der Waals surface area contributed by atoms with Crippen molar-refractivity contribution >= 4 is 5.97 Å². The van der Waals surface area contributed by atoms with Gasteiger partial charge in [0, 0.05) is 6.04 Å².